The summed E-state index contributed by atoms with van der Waals surface area (Å²) < 4.78 is 22.5. The number of benzene rings is 2. The van der Waals surface area contributed by atoms with Gasteiger partial charge in [-0.2, -0.15) is 5.10 Å². The van der Waals surface area contributed by atoms with Crippen LogP contribution in [0.1, 0.15) is 25.8 Å². The molecule has 1 aliphatic heterocycles. The maximum absolute atomic E-state index is 12.3. The molecule has 28 heavy (non-hydrogen) atoms. The Morgan fingerprint density at radius 1 is 1.18 bits per heavy atom. The lowest BCUT2D eigenvalue weighted by Gasteiger charge is -2.24. The Hall–Kier alpha value is -3.22. The SMILES string of the molecule is CCCOc1ccc(/C=N\NC(=O)[C@H]2COc3ccccc3O2)cc1OCC. The molecule has 2 aromatic carbocycles. The number of rotatable bonds is 8. The van der Waals surface area contributed by atoms with Crippen LogP contribution in [0.4, 0.5) is 0 Å². The van der Waals surface area contributed by atoms with Crippen LogP contribution in [0.5, 0.6) is 23.0 Å². The third-order valence-corrected chi connectivity index (χ3v) is 3.92. The number of amides is 1. The van der Waals surface area contributed by atoms with Crippen LogP contribution in [-0.2, 0) is 4.79 Å². The molecule has 0 unspecified atom stereocenters. The predicted molar refractivity (Wildman–Crippen MR) is 105 cm³/mol. The van der Waals surface area contributed by atoms with E-state index >= 15 is 0 Å². The van der Waals surface area contributed by atoms with E-state index in [0.29, 0.717) is 36.2 Å². The average Bonchev–Trinajstić information content (AvgIpc) is 2.73. The van der Waals surface area contributed by atoms with E-state index < -0.39 is 6.10 Å². The van der Waals surface area contributed by atoms with E-state index in [1.807, 2.05) is 44.2 Å². The summed E-state index contributed by atoms with van der Waals surface area (Å²) in [6.07, 6.45) is 1.70. The first-order chi connectivity index (χ1) is 13.7. The molecule has 7 nitrogen and oxygen atoms in total. The third-order valence-electron chi connectivity index (χ3n) is 3.92. The quantitative estimate of drug-likeness (QED) is 0.559. The van der Waals surface area contributed by atoms with Crippen molar-refractivity contribution in [2.75, 3.05) is 19.8 Å². The van der Waals surface area contributed by atoms with Gasteiger partial charge in [0.1, 0.15) is 6.61 Å². The number of ether oxygens (including phenoxy) is 4. The van der Waals surface area contributed by atoms with Crippen molar-refractivity contribution < 1.29 is 23.7 Å². The van der Waals surface area contributed by atoms with Gasteiger partial charge in [0.2, 0.25) is 6.10 Å². The van der Waals surface area contributed by atoms with Gasteiger partial charge in [0.25, 0.3) is 5.91 Å². The van der Waals surface area contributed by atoms with Crippen molar-refractivity contribution in [3.63, 3.8) is 0 Å². The Morgan fingerprint density at radius 2 is 2.00 bits per heavy atom. The van der Waals surface area contributed by atoms with Gasteiger partial charge in [-0.15, -0.1) is 0 Å². The maximum Gasteiger partial charge on any atom is 0.284 e. The molecular weight excluding hydrogens is 360 g/mol. The first kappa shape index (κ1) is 19.5. The normalized spacial score (nSPS) is 15.3. The van der Waals surface area contributed by atoms with Crippen LogP contribution in [0.25, 0.3) is 0 Å². The summed E-state index contributed by atoms with van der Waals surface area (Å²) in [5, 5.41) is 4.01. The number of fused-ring (bicyclic) bond motifs is 1. The minimum Gasteiger partial charge on any atom is -0.490 e. The van der Waals surface area contributed by atoms with Crippen molar-refractivity contribution in [3.05, 3.63) is 48.0 Å². The van der Waals surface area contributed by atoms with Crippen molar-refractivity contribution in [1.82, 2.24) is 5.43 Å². The van der Waals surface area contributed by atoms with Gasteiger partial charge in [0.05, 0.1) is 19.4 Å². The van der Waals surface area contributed by atoms with Crippen molar-refractivity contribution >= 4 is 12.1 Å². The second-order valence-corrected chi connectivity index (χ2v) is 6.09. The molecule has 1 amide bonds. The standard InChI is InChI=1S/C21H24N2O5/c1-3-11-26-17-10-9-15(12-19(17)25-4-2)13-22-23-21(24)20-14-27-16-7-5-6-8-18(16)28-20/h5-10,12-13,20H,3-4,11,14H2,1-2H3,(H,23,24)/b22-13-/t20-/m1/s1. The highest BCUT2D eigenvalue weighted by Crippen LogP contribution is 2.31. The van der Waals surface area contributed by atoms with E-state index in [4.69, 9.17) is 18.9 Å². The highest BCUT2D eigenvalue weighted by molar-refractivity contribution is 5.85. The van der Waals surface area contributed by atoms with Crippen molar-refractivity contribution in [3.8, 4) is 23.0 Å². The molecule has 1 heterocycles. The minimum absolute atomic E-state index is 0.135. The Balaban J connectivity index is 1.59. The van der Waals surface area contributed by atoms with Gasteiger partial charge in [-0.25, -0.2) is 5.43 Å². The van der Waals surface area contributed by atoms with Crippen LogP contribution in [-0.4, -0.2) is 38.0 Å². The number of carbonyl (C=O) groups excluding carboxylic acids is 1. The molecule has 0 aliphatic carbocycles. The van der Waals surface area contributed by atoms with Gasteiger partial charge < -0.3 is 18.9 Å². The average molecular weight is 384 g/mol. The molecule has 0 fully saturated rings. The largest absolute Gasteiger partial charge is 0.490 e. The van der Waals surface area contributed by atoms with Gasteiger partial charge in [0, 0.05) is 0 Å². The van der Waals surface area contributed by atoms with Gasteiger partial charge in [-0.05, 0) is 49.2 Å². The molecule has 1 aliphatic rings. The molecule has 0 radical (unpaired) electrons. The number of nitrogens with zero attached hydrogens (tertiary/aromatic N) is 1. The van der Waals surface area contributed by atoms with Gasteiger partial charge in [-0.1, -0.05) is 19.1 Å². The summed E-state index contributed by atoms with van der Waals surface area (Å²) in [6, 6.07) is 12.7. The van der Waals surface area contributed by atoms with E-state index in [-0.39, 0.29) is 12.5 Å². The lowest BCUT2D eigenvalue weighted by atomic mass is 10.2. The first-order valence-electron chi connectivity index (χ1n) is 9.32. The summed E-state index contributed by atoms with van der Waals surface area (Å²) in [7, 11) is 0. The minimum atomic E-state index is -0.754. The Morgan fingerprint density at radius 3 is 2.79 bits per heavy atom. The number of hydrazone groups is 1. The summed E-state index contributed by atoms with van der Waals surface area (Å²) in [6.45, 7) is 5.24. The fourth-order valence-corrected chi connectivity index (χ4v) is 2.60. The number of para-hydroxylation sites is 2. The summed E-state index contributed by atoms with van der Waals surface area (Å²) in [5.41, 5.74) is 3.26. The summed E-state index contributed by atoms with van der Waals surface area (Å²) >= 11 is 0. The number of hydrogen-bond acceptors (Lipinski definition) is 6. The molecule has 7 heteroatoms. The molecule has 148 valence electrons. The van der Waals surface area contributed by atoms with Crippen LogP contribution < -0.4 is 24.4 Å². The highest BCUT2D eigenvalue weighted by Gasteiger charge is 2.26. The second kappa shape index (κ2) is 9.64. The highest BCUT2D eigenvalue weighted by atomic mass is 16.6. The van der Waals surface area contributed by atoms with Crippen LogP contribution in [0, 0.1) is 0 Å². The van der Waals surface area contributed by atoms with Gasteiger partial charge in [-0.3, -0.25) is 4.79 Å². The molecule has 0 aromatic heterocycles. The monoisotopic (exact) mass is 384 g/mol. The zero-order chi connectivity index (χ0) is 19.8. The first-order valence-corrected chi connectivity index (χ1v) is 9.32. The fourth-order valence-electron chi connectivity index (χ4n) is 2.60. The van der Waals surface area contributed by atoms with Crippen LogP contribution in [0.15, 0.2) is 47.6 Å². The molecule has 0 bridgehead atoms. The summed E-state index contributed by atoms with van der Waals surface area (Å²) in [5.74, 6) is 2.13. The number of hydrogen-bond donors (Lipinski definition) is 1. The Bertz CT molecular complexity index is 837. The predicted octanol–water partition coefficient (Wildman–Crippen LogP) is 3.16. The lowest BCUT2D eigenvalue weighted by molar-refractivity contribution is -0.130. The van der Waals surface area contributed by atoms with Crippen LogP contribution >= 0.6 is 0 Å². The van der Waals surface area contributed by atoms with E-state index in [1.165, 1.54) is 0 Å². The van der Waals surface area contributed by atoms with Crippen molar-refractivity contribution in [2.45, 2.75) is 26.4 Å². The zero-order valence-electron chi connectivity index (χ0n) is 16.0. The molecule has 1 N–H and O–H groups in total. The Labute approximate surface area is 164 Å². The molecule has 0 saturated carbocycles. The maximum atomic E-state index is 12.3. The fraction of sp³-hybridized carbons (Fsp3) is 0.333. The lowest BCUT2D eigenvalue weighted by Crippen LogP contribution is -2.42. The molecular formula is C21H24N2O5. The van der Waals surface area contributed by atoms with Gasteiger partial charge >= 0.3 is 0 Å². The summed E-state index contributed by atoms with van der Waals surface area (Å²) in [4.78, 5) is 12.3. The molecule has 2 aromatic rings. The van der Waals surface area contributed by atoms with E-state index in [2.05, 4.69) is 10.5 Å². The number of carbonyl (C=O) groups is 1. The van der Waals surface area contributed by atoms with Crippen molar-refractivity contribution in [1.29, 1.82) is 0 Å². The third kappa shape index (κ3) is 4.94. The van der Waals surface area contributed by atoms with Crippen LogP contribution in [0.3, 0.4) is 0 Å². The number of nitrogens with one attached hydrogen (secondary N) is 1. The van der Waals surface area contributed by atoms with Gasteiger partial charge in [0.15, 0.2) is 23.0 Å². The molecule has 0 saturated heterocycles. The van der Waals surface area contributed by atoms with Crippen molar-refractivity contribution in [2.24, 2.45) is 5.10 Å². The Kier molecular flexibility index (Phi) is 6.73. The molecule has 3 rings (SSSR count). The van der Waals surface area contributed by atoms with Crippen LogP contribution in [0.2, 0.25) is 0 Å². The molecule has 0 spiro atoms. The zero-order valence-corrected chi connectivity index (χ0v) is 16.0. The smallest absolute Gasteiger partial charge is 0.284 e. The van der Waals surface area contributed by atoms with E-state index in [1.54, 1.807) is 18.3 Å². The second-order valence-electron chi connectivity index (χ2n) is 6.09. The van der Waals surface area contributed by atoms with E-state index in [0.717, 1.165) is 12.0 Å². The topological polar surface area (TPSA) is 78.4 Å². The molecule has 1 atom stereocenters. The van der Waals surface area contributed by atoms with E-state index in [9.17, 15) is 4.79 Å².